The third kappa shape index (κ3) is 13.4. The molecule has 8 heteroatoms. The number of carboxylic acid groups (broad SMARTS) is 2. The maximum Gasteiger partial charge on any atom is 0.335 e. The van der Waals surface area contributed by atoms with E-state index >= 15 is 0 Å². The molecule has 0 saturated heterocycles. The second-order valence-electron chi connectivity index (χ2n) is 9.96. The number of unbranched alkanes of at least 4 members (excludes halogenated alkanes) is 4. The minimum Gasteiger partial charge on any atom is -0.489 e. The Morgan fingerprint density at radius 2 is 1.76 bits per heavy atom. The summed E-state index contributed by atoms with van der Waals surface area (Å²) in [6.45, 7) is 4.81. The monoisotopic (exact) mass is 576 g/mol. The van der Waals surface area contributed by atoms with Gasteiger partial charge in [0.2, 0.25) is 5.91 Å². The Hall–Kier alpha value is -4.33. The van der Waals surface area contributed by atoms with Crippen LogP contribution in [0.2, 0.25) is 0 Å². The summed E-state index contributed by atoms with van der Waals surface area (Å²) in [5, 5.41) is 21.2. The van der Waals surface area contributed by atoms with E-state index in [1.165, 1.54) is 6.42 Å². The van der Waals surface area contributed by atoms with Crippen LogP contribution in [0.5, 0.6) is 0 Å². The molecule has 2 rings (SSSR count). The van der Waals surface area contributed by atoms with Crippen molar-refractivity contribution in [2.24, 2.45) is 0 Å². The lowest BCUT2D eigenvalue weighted by molar-refractivity contribution is -0.136. The number of hydrogen-bond acceptors (Lipinski definition) is 5. The van der Waals surface area contributed by atoms with Crippen LogP contribution in [0, 0.1) is 0 Å². The number of aromatic carboxylic acids is 1. The molecular formula is C34H44N2O6. The molecule has 3 N–H and O–H groups in total. The van der Waals surface area contributed by atoms with Crippen LogP contribution in [0.25, 0.3) is 0 Å². The second kappa shape index (κ2) is 19.7. The number of aliphatic carboxylic acids is 1. The van der Waals surface area contributed by atoms with Crippen molar-refractivity contribution in [2.45, 2.75) is 65.4 Å². The number of nitrogens with one attached hydrogen (secondary N) is 1. The summed E-state index contributed by atoms with van der Waals surface area (Å²) in [6.07, 6.45) is 15.4. The van der Waals surface area contributed by atoms with E-state index in [4.69, 9.17) is 9.84 Å². The molecule has 0 unspecified atom stereocenters. The Labute approximate surface area is 249 Å². The number of ether oxygens (including phenoxy) is 1. The van der Waals surface area contributed by atoms with E-state index in [0.29, 0.717) is 24.6 Å². The van der Waals surface area contributed by atoms with Gasteiger partial charge in [-0.25, -0.2) is 4.79 Å². The van der Waals surface area contributed by atoms with Crippen molar-refractivity contribution in [1.29, 1.82) is 0 Å². The van der Waals surface area contributed by atoms with Gasteiger partial charge in [0, 0.05) is 18.8 Å². The number of allylic oxidation sites excluding steroid dienone is 4. The molecule has 0 fully saturated rings. The average Bonchev–Trinajstić information content (AvgIpc) is 2.97. The van der Waals surface area contributed by atoms with Gasteiger partial charge in [-0.3, -0.25) is 9.59 Å². The largest absolute Gasteiger partial charge is 0.489 e. The Bertz CT molecular complexity index is 1220. The van der Waals surface area contributed by atoms with Gasteiger partial charge >= 0.3 is 11.9 Å². The van der Waals surface area contributed by atoms with Crippen LogP contribution in [0.4, 0.5) is 5.69 Å². The van der Waals surface area contributed by atoms with Crippen molar-refractivity contribution in [3.8, 4) is 0 Å². The summed E-state index contributed by atoms with van der Waals surface area (Å²) >= 11 is 0. The number of anilines is 1. The first-order chi connectivity index (χ1) is 20.3. The molecule has 0 aromatic heterocycles. The van der Waals surface area contributed by atoms with Gasteiger partial charge in [-0.2, -0.15) is 0 Å². The van der Waals surface area contributed by atoms with Crippen LogP contribution in [0.1, 0.15) is 73.9 Å². The zero-order valence-corrected chi connectivity index (χ0v) is 24.8. The highest BCUT2D eigenvalue weighted by Gasteiger charge is 2.17. The van der Waals surface area contributed by atoms with E-state index in [1.807, 2.05) is 78.6 Å². The third-order valence-electron chi connectivity index (χ3n) is 6.52. The molecule has 1 amide bonds. The normalized spacial score (nSPS) is 11.6. The number of hydrogen-bond donors (Lipinski definition) is 3. The Morgan fingerprint density at radius 1 is 1.00 bits per heavy atom. The van der Waals surface area contributed by atoms with Gasteiger partial charge < -0.3 is 25.2 Å². The first kappa shape index (κ1) is 33.9. The van der Waals surface area contributed by atoms with Gasteiger partial charge in [-0.15, -0.1) is 0 Å². The van der Waals surface area contributed by atoms with Gasteiger partial charge in [-0.05, 0) is 55.2 Å². The van der Waals surface area contributed by atoms with E-state index in [2.05, 4.69) is 12.2 Å². The molecule has 0 heterocycles. The smallest absolute Gasteiger partial charge is 0.335 e. The van der Waals surface area contributed by atoms with Crippen molar-refractivity contribution >= 4 is 23.5 Å². The molecule has 0 saturated carbocycles. The number of carboxylic acids is 2. The van der Waals surface area contributed by atoms with Crippen LogP contribution in [0.15, 0.2) is 84.7 Å². The fraction of sp³-hybridized carbons (Fsp3) is 0.382. The summed E-state index contributed by atoms with van der Waals surface area (Å²) in [5.41, 5.74) is 2.85. The molecule has 42 heavy (non-hydrogen) atoms. The predicted octanol–water partition coefficient (Wildman–Crippen LogP) is 6.53. The molecular weight excluding hydrogens is 532 g/mol. The van der Waals surface area contributed by atoms with Gasteiger partial charge in [0.25, 0.3) is 0 Å². The standard InChI is InChI=1S/C34H44N2O6/c1-3-5-6-7-11-17-28-19-20-29(34(40)41)24-31(28)36(25-32(37)35-22-21-33(38)39)23-13-12-18-30(14-4-2)42-26-27-15-9-8-10-16-27/h4,8-10,12-16,18-20,24H,3,5-7,11,17,21-23,25-26H2,1-2H3,(H,35,37)(H,38,39)(H,40,41)/b13-12+,14-4-,30-18+. The highest BCUT2D eigenvalue weighted by molar-refractivity contribution is 5.90. The average molecular weight is 577 g/mol. The molecule has 226 valence electrons. The summed E-state index contributed by atoms with van der Waals surface area (Å²) < 4.78 is 5.95. The molecule has 0 aliphatic carbocycles. The number of rotatable bonds is 20. The lowest BCUT2D eigenvalue weighted by Gasteiger charge is -2.26. The van der Waals surface area contributed by atoms with Crippen molar-refractivity contribution in [3.05, 3.63) is 101 Å². The summed E-state index contributed by atoms with van der Waals surface area (Å²) in [4.78, 5) is 37.3. The molecule has 0 radical (unpaired) electrons. The number of carbonyl (C=O) groups excluding carboxylic acids is 1. The molecule has 2 aromatic carbocycles. The van der Waals surface area contributed by atoms with Gasteiger partial charge in [0.15, 0.2) is 0 Å². The minimum absolute atomic E-state index is 0.0193. The molecule has 0 aliphatic rings. The van der Waals surface area contributed by atoms with Crippen molar-refractivity contribution in [3.63, 3.8) is 0 Å². The third-order valence-corrected chi connectivity index (χ3v) is 6.52. The van der Waals surface area contributed by atoms with Crippen LogP contribution in [0.3, 0.4) is 0 Å². The molecule has 2 aromatic rings. The van der Waals surface area contributed by atoms with Gasteiger partial charge in [0.1, 0.15) is 12.4 Å². The van der Waals surface area contributed by atoms with Gasteiger partial charge in [-0.1, -0.05) is 87.2 Å². The number of benzene rings is 2. The summed E-state index contributed by atoms with van der Waals surface area (Å²) in [5.74, 6) is -1.69. The summed E-state index contributed by atoms with van der Waals surface area (Å²) in [7, 11) is 0. The number of nitrogens with zero attached hydrogens (tertiary/aromatic N) is 1. The second-order valence-corrected chi connectivity index (χ2v) is 9.96. The van der Waals surface area contributed by atoms with E-state index in [1.54, 1.807) is 12.1 Å². The van der Waals surface area contributed by atoms with E-state index in [0.717, 1.165) is 43.2 Å². The molecule has 0 aliphatic heterocycles. The van der Waals surface area contributed by atoms with E-state index in [-0.39, 0.29) is 31.0 Å². The predicted molar refractivity (Wildman–Crippen MR) is 167 cm³/mol. The maximum absolute atomic E-state index is 12.8. The van der Waals surface area contributed by atoms with Crippen LogP contribution in [-0.2, 0) is 27.4 Å². The quantitative estimate of drug-likeness (QED) is 0.0932. The van der Waals surface area contributed by atoms with E-state index in [9.17, 15) is 19.5 Å². The highest BCUT2D eigenvalue weighted by Crippen LogP contribution is 2.25. The topological polar surface area (TPSA) is 116 Å². The van der Waals surface area contributed by atoms with E-state index < -0.39 is 11.9 Å². The lowest BCUT2D eigenvalue weighted by Crippen LogP contribution is -2.38. The highest BCUT2D eigenvalue weighted by atomic mass is 16.5. The Kier molecular flexibility index (Phi) is 15.9. The first-order valence-electron chi connectivity index (χ1n) is 14.6. The minimum atomic E-state index is -1.04. The van der Waals surface area contributed by atoms with Crippen LogP contribution >= 0.6 is 0 Å². The molecule has 0 spiro atoms. The number of aryl methyl sites for hydroxylation is 1. The number of carbonyl (C=O) groups is 3. The number of amides is 1. The van der Waals surface area contributed by atoms with Crippen molar-refractivity contribution in [2.75, 3.05) is 24.5 Å². The molecule has 0 bridgehead atoms. The van der Waals surface area contributed by atoms with Crippen LogP contribution in [-0.4, -0.2) is 47.7 Å². The van der Waals surface area contributed by atoms with Crippen molar-refractivity contribution in [1.82, 2.24) is 5.32 Å². The summed E-state index contributed by atoms with van der Waals surface area (Å²) in [6, 6.07) is 14.9. The first-order valence-corrected chi connectivity index (χ1v) is 14.6. The Balaban J connectivity index is 2.27. The zero-order valence-electron chi connectivity index (χ0n) is 24.8. The molecule has 0 atom stereocenters. The Morgan fingerprint density at radius 3 is 2.45 bits per heavy atom. The maximum atomic E-state index is 12.8. The fourth-order valence-electron chi connectivity index (χ4n) is 4.32. The zero-order chi connectivity index (χ0) is 30.6. The van der Waals surface area contributed by atoms with Crippen molar-refractivity contribution < 1.29 is 29.3 Å². The fourth-order valence-corrected chi connectivity index (χ4v) is 4.32. The van der Waals surface area contributed by atoms with Crippen LogP contribution < -0.4 is 10.2 Å². The SMILES string of the molecule is C\C=C/C(=C\C=C\CN(CC(=O)NCCC(=O)O)c1cc(C(=O)O)ccc1CCCCCCC)OCc1ccccc1. The van der Waals surface area contributed by atoms with Gasteiger partial charge in [0.05, 0.1) is 18.5 Å². The molecule has 8 nitrogen and oxygen atoms in total. The lowest BCUT2D eigenvalue weighted by atomic mass is 10.0.